The summed E-state index contributed by atoms with van der Waals surface area (Å²) in [5, 5.41) is 3.61. The van der Waals surface area contributed by atoms with Crippen molar-refractivity contribution in [2.24, 2.45) is 0 Å². The van der Waals surface area contributed by atoms with Gasteiger partial charge in [-0.2, -0.15) is 0 Å². The molecule has 3 nitrogen and oxygen atoms in total. The molecule has 1 aromatic heterocycles. The van der Waals surface area contributed by atoms with Crippen molar-refractivity contribution in [2.45, 2.75) is 45.7 Å². The molecule has 0 aromatic carbocycles. The molecule has 0 fully saturated rings. The van der Waals surface area contributed by atoms with E-state index in [0.29, 0.717) is 6.04 Å². The summed E-state index contributed by atoms with van der Waals surface area (Å²) >= 11 is 0. The van der Waals surface area contributed by atoms with E-state index in [1.165, 1.54) is 24.8 Å². The molecule has 0 spiro atoms. The van der Waals surface area contributed by atoms with E-state index in [4.69, 9.17) is 4.74 Å². The summed E-state index contributed by atoms with van der Waals surface area (Å²) < 4.78 is 7.29. The summed E-state index contributed by atoms with van der Waals surface area (Å²) in [5.41, 5.74) is 1.40. The second-order valence-corrected chi connectivity index (χ2v) is 4.47. The van der Waals surface area contributed by atoms with E-state index < -0.39 is 0 Å². The van der Waals surface area contributed by atoms with Gasteiger partial charge in [0, 0.05) is 32.1 Å². The van der Waals surface area contributed by atoms with Gasteiger partial charge in [-0.15, -0.1) is 0 Å². The van der Waals surface area contributed by atoms with Crippen LogP contribution in [0.2, 0.25) is 0 Å². The van der Waals surface area contributed by atoms with Crippen LogP contribution in [0.4, 0.5) is 0 Å². The second-order valence-electron chi connectivity index (χ2n) is 4.47. The standard InChI is InChI=1S/C14H26N2O/c1-4-6-14(15-8-5-2)13-7-9-16(12-13)10-11-17-3/h7,9,12,14-15H,4-6,8,10-11H2,1-3H3. The molecule has 98 valence electrons. The number of methoxy groups -OCH3 is 1. The summed E-state index contributed by atoms with van der Waals surface area (Å²) in [6.07, 6.45) is 7.98. The van der Waals surface area contributed by atoms with E-state index in [-0.39, 0.29) is 0 Å². The van der Waals surface area contributed by atoms with Crippen molar-refractivity contribution in [1.82, 2.24) is 9.88 Å². The van der Waals surface area contributed by atoms with Crippen LogP contribution in [0.3, 0.4) is 0 Å². The van der Waals surface area contributed by atoms with Gasteiger partial charge in [-0.25, -0.2) is 0 Å². The minimum absolute atomic E-state index is 0.503. The Morgan fingerprint density at radius 1 is 1.35 bits per heavy atom. The van der Waals surface area contributed by atoms with E-state index in [2.05, 4.69) is 42.2 Å². The highest BCUT2D eigenvalue weighted by molar-refractivity contribution is 5.15. The average molecular weight is 238 g/mol. The molecule has 0 aliphatic heterocycles. The number of hydrogen-bond donors (Lipinski definition) is 1. The lowest BCUT2D eigenvalue weighted by Crippen LogP contribution is -2.21. The number of rotatable bonds is 9. The lowest BCUT2D eigenvalue weighted by atomic mass is 10.1. The van der Waals surface area contributed by atoms with Gasteiger partial charge >= 0.3 is 0 Å². The minimum Gasteiger partial charge on any atom is -0.383 e. The largest absolute Gasteiger partial charge is 0.383 e. The first-order valence-corrected chi connectivity index (χ1v) is 6.69. The Kier molecular flexibility index (Phi) is 6.97. The zero-order valence-corrected chi connectivity index (χ0v) is 11.4. The number of aromatic nitrogens is 1. The van der Waals surface area contributed by atoms with Gasteiger partial charge < -0.3 is 14.6 Å². The highest BCUT2D eigenvalue weighted by Gasteiger charge is 2.10. The van der Waals surface area contributed by atoms with Gasteiger partial charge in [-0.1, -0.05) is 20.3 Å². The Morgan fingerprint density at radius 3 is 2.82 bits per heavy atom. The molecule has 1 N–H and O–H groups in total. The summed E-state index contributed by atoms with van der Waals surface area (Å²) in [6.45, 7) is 7.24. The van der Waals surface area contributed by atoms with Crippen molar-refractivity contribution >= 4 is 0 Å². The minimum atomic E-state index is 0.503. The van der Waals surface area contributed by atoms with Gasteiger partial charge in [0.2, 0.25) is 0 Å². The molecule has 0 saturated carbocycles. The van der Waals surface area contributed by atoms with E-state index in [1.807, 2.05) is 0 Å². The van der Waals surface area contributed by atoms with Gasteiger partial charge in [0.1, 0.15) is 0 Å². The van der Waals surface area contributed by atoms with Gasteiger partial charge in [-0.3, -0.25) is 0 Å². The lowest BCUT2D eigenvalue weighted by molar-refractivity contribution is 0.187. The van der Waals surface area contributed by atoms with Crippen LogP contribution in [0.15, 0.2) is 18.5 Å². The molecule has 1 heterocycles. The molecule has 1 atom stereocenters. The fourth-order valence-corrected chi connectivity index (χ4v) is 2.00. The molecular formula is C14H26N2O. The predicted molar refractivity (Wildman–Crippen MR) is 72.3 cm³/mol. The van der Waals surface area contributed by atoms with Crippen LogP contribution in [0, 0.1) is 0 Å². The van der Waals surface area contributed by atoms with Crippen LogP contribution in [0.1, 0.15) is 44.7 Å². The summed E-state index contributed by atoms with van der Waals surface area (Å²) in [5.74, 6) is 0. The topological polar surface area (TPSA) is 26.2 Å². The predicted octanol–water partition coefficient (Wildman–Crippen LogP) is 2.98. The zero-order valence-electron chi connectivity index (χ0n) is 11.4. The summed E-state index contributed by atoms with van der Waals surface area (Å²) in [4.78, 5) is 0. The van der Waals surface area contributed by atoms with Crippen molar-refractivity contribution in [3.05, 3.63) is 24.0 Å². The Bertz CT molecular complexity index is 296. The molecule has 0 bridgehead atoms. The van der Waals surface area contributed by atoms with Crippen LogP contribution in [0.5, 0.6) is 0 Å². The third kappa shape index (κ3) is 4.92. The molecule has 0 saturated heterocycles. The van der Waals surface area contributed by atoms with Crippen molar-refractivity contribution in [2.75, 3.05) is 20.3 Å². The van der Waals surface area contributed by atoms with Crippen molar-refractivity contribution in [1.29, 1.82) is 0 Å². The van der Waals surface area contributed by atoms with E-state index in [9.17, 15) is 0 Å². The third-order valence-electron chi connectivity index (χ3n) is 2.95. The molecule has 1 unspecified atom stereocenters. The first kappa shape index (κ1) is 14.3. The van der Waals surface area contributed by atoms with E-state index >= 15 is 0 Å². The molecule has 1 rings (SSSR count). The number of nitrogens with one attached hydrogen (secondary N) is 1. The molecule has 17 heavy (non-hydrogen) atoms. The highest BCUT2D eigenvalue weighted by atomic mass is 16.5. The number of ether oxygens (including phenoxy) is 1. The van der Waals surface area contributed by atoms with Crippen LogP contribution in [-0.4, -0.2) is 24.8 Å². The van der Waals surface area contributed by atoms with E-state index in [0.717, 1.165) is 19.7 Å². The smallest absolute Gasteiger partial charge is 0.0641 e. The van der Waals surface area contributed by atoms with Crippen LogP contribution < -0.4 is 5.32 Å². The van der Waals surface area contributed by atoms with Gasteiger partial charge in [0.25, 0.3) is 0 Å². The number of hydrogen-bond acceptors (Lipinski definition) is 2. The van der Waals surface area contributed by atoms with Crippen molar-refractivity contribution in [3.63, 3.8) is 0 Å². The Morgan fingerprint density at radius 2 is 2.18 bits per heavy atom. The van der Waals surface area contributed by atoms with Crippen LogP contribution >= 0.6 is 0 Å². The van der Waals surface area contributed by atoms with Gasteiger partial charge in [-0.05, 0) is 31.0 Å². The Hall–Kier alpha value is -0.800. The SMILES string of the molecule is CCCNC(CCC)c1ccn(CCOC)c1. The molecule has 0 amide bonds. The third-order valence-corrected chi connectivity index (χ3v) is 2.95. The van der Waals surface area contributed by atoms with Gasteiger partial charge in [0.15, 0.2) is 0 Å². The van der Waals surface area contributed by atoms with Crippen molar-refractivity contribution in [3.8, 4) is 0 Å². The first-order valence-electron chi connectivity index (χ1n) is 6.69. The highest BCUT2D eigenvalue weighted by Crippen LogP contribution is 2.18. The maximum absolute atomic E-state index is 5.09. The zero-order chi connectivity index (χ0) is 12.5. The molecule has 1 aromatic rings. The molecule has 3 heteroatoms. The Labute approximate surface area is 105 Å². The normalized spacial score (nSPS) is 12.9. The molecular weight excluding hydrogens is 212 g/mol. The monoisotopic (exact) mass is 238 g/mol. The Balaban J connectivity index is 2.56. The van der Waals surface area contributed by atoms with Crippen molar-refractivity contribution < 1.29 is 4.74 Å². The quantitative estimate of drug-likeness (QED) is 0.716. The summed E-state index contributed by atoms with van der Waals surface area (Å²) in [7, 11) is 1.74. The molecule has 0 aliphatic rings. The maximum Gasteiger partial charge on any atom is 0.0641 e. The fraction of sp³-hybridized carbons (Fsp3) is 0.714. The molecule has 0 aliphatic carbocycles. The van der Waals surface area contributed by atoms with E-state index in [1.54, 1.807) is 7.11 Å². The van der Waals surface area contributed by atoms with Gasteiger partial charge in [0.05, 0.1) is 6.61 Å². The maximum atomic E-state index is 5.09. The summed E-state index contributed by atoms with van der Waals surface area (Å²) in [6, 6.07) is 2.72. The fourth-order valence-electron chi connectivity index (χ4n) is 2.00. The number of nitrogens with zero attached hydrogens (tertiary/aromatic N) is 1. The van der Waals surface area contributed by atoms with Crippen LogP contribution in [-0.2, 0) is 11.3 Å². The average Bonchev–Trinajstić information content (AvgIpc) is 2.80. The molecule has 0 radical (unpaired) electrons. The lowest BCUT2D eigenvalue weighted by Gasteiger charge is -2.16. The van der Waals surface area contributed by atoms with Crippen LogP contribution in [0.25, 0.3) is 0 Å². The second kappa shape index (κ2) is 8.31. The first-order chi connectivity index (χ1) is 8.31.